The van der Waals surface area contributed by atoms with Crippen molar-refractivity contribution in [3.63, 3.8) is 0 Å². The first-order chi connectivity index (χ1) is 20.4. The second-order valence-corrected chi connectivity index (χ2v) is 15.0. The van der Waals surface area contributed by atoms with Crippen LogP contribution in [0.25, 0.3) is 0 Å². The summed E-state index contributed by atoms with van der Waals surface area (Å²) in [5, 5.41) is 59.8. The van der Waals surface area contributed by atoms with Crippen LogP contribution in [-0.4, -0.2) is 81.8 Å². The number of nitriles is 1. The number of aliphatic carboxylic acids is 3. The Hall–Kier alpha value is -2.59. The van der Waals surface area contributed by atoms with Gasteiger partial charge in [0.25, 0.3) is 0 Å². The maximum absolute atomic E-state index is 13.8. The van der Waals surface area contributed by atoms with Gasteiger partial charge in [-0.2, -0.15) is 5.26 Å². The van der Waals surface area contributed by atoms with Gasteiger partial charge < -0.3 is 44.7 Å². The average Bonchev–Trinajstić information content (AvgIpc) is 3.22. The molecule has 0 radical (unpaired) electrons. The van der Waals surface area contributed by atoms with Crippen molar-refractivity contribution in [2.24, 2.45) is 40.4 Å². The third-order valence-corrected chi connectivity index (χ3v) is 11.7. The summed E-state index contributed by atoms with van der Waals surface area (Å²) in [6.07, 6.45) is 3.55. The lowest BCUT2D eigenvalue weighted by Gasteiger charge is -2.61. The van der Waals surface area contributed by atoms with Crippen molar-refractivity contribution in [2.75, 3.05) is 19.7 Å². The molecule has 0 aromatic carbocycles. The monoisotopic (exact) mass is 617 g/mol. The van der Waals surface area contributed by atoms with Crippen LogP contribution in [-0.2, 0) is 23.9 Å². The number of ketones is 1. The SMILES string of the molecule is CC1(C)CN([C@H]2C[C@@]3(C)[C@@H](CC[C@H]4[C@@H]5CC[C@H](C#N)[C@@]5(C)CC(=O)[C@@H]43)C[C@@H]2O)CCO1.O=C([O-])CC(O)(CC(=O)[O-])C(=O)[O-]. The van der Waals surface area contributed by atoms with Crippen molar-refractivity contribution >= 4 is 23.7 Å². The minimum Gasteiger partial charge on any atom is -0.550 e. The number of morpholine rings is 1. The standard InChI is InChI=1S/C26H40N2O3.C6H8O7/c1-24(2)15-28(9-10-31-24)20-12-26(4)16(11-21(20)29)5-7-18-19-8-6-17(14-27)25(19,3)13-22(30)23(18)26;7-3(8)1-6(13,5(11)12)2-4(9)10/h16-21,23,29H,5-13,15H2,1-4H3;13H,1-2H2,(H,7,8)(H,9,10)(H,11,12)/p-3/t16-,17+,18-,19-,20-,21-,23+,25+,26-;/m0./s1. The number of Topliss-reactive ketones (excluding diaryl/α,β-unsaturated/α-hetero) is 1. The van der Waals surface area contributed by atoms with Gasteiger partial charge >= 0.3 is 0 Å². The molecular formula is C32H45N2O10-3. The van der Waals surface area contributed by atoms with Gasteiger partial charge in [0.15, 0.2) is 0 Å². The van der Waals surface area contributed by atoms with Gasteiger partial charge in [0.2, 0.25) is 0 Å². The molecule has 246 valence electrons. The molecule has 0 aromatic rings. The van der Waals surface area contributed by atoms with Crippen LogP contribution in [0.2, 0.25) is 0 Å². The molecule has 4 saturated carbocycles. The number of fused-ring (bicyclic) bond motifs is 5. The van der Waals surface area contributed by atoms with Crippen molar-refractivity contribution in [1.82, 2.24) is 4.90 Å². The lowest BCUT2D eigenvalue weighted by Crippen LogP contribution is -2.64. The highest BCUT2D eigenvalue weighted by atomic mass is 16.5. The first-order valence-electron chi connectivity index (χ1n) is 15.7. The molecule has 12 nitrogen and oxygen atoms in total. The van der Waals surface area contributed by atoms with Crippen LogP contribution in [0.4, 0.5) is 0 Å². The largest absolute Gasteiger partial charge is 0.550 e. The van der Waals surface area contributed by atoms with E-state index < -0.39 is 36.4 Å². The van der Waals surface area contributed by atoms with E-state index >= 15 is 0 Å². The van der Waals surface area contributed by atoms with E-state index in [2.05, 4.69) is 38.7 Å². The zero-order chi connectivity index (χ0) is 32.8. The van der Waals surface area contributed by atoms with E-state index in [0.717, 1.165) is 51.6 Å². The zero-order valence-electron chi connectivity index (χ0n) is 26.1. The molecular weight excluding hydrogens is 572 g/mol. The minimum absolute atomic E-state index is 0.0319. The van der Waals surface area contributed by atoms with E-state index in [0.29, 0.717) is 36.6 Å². The summed E-state index contributed by atoms with van der Waals surface area (Å²) in [7, 11) is 0. The number of aliphatic hydroxyl groups excluding tert-OH is 1. The molecule has 1 saturated heterocycles. The van der Waals surface area contributed by atoms with Crippen LogP contribution in [0.15, 0.2) is 0 Å². The van der Waals surface area contributed by atoms with E-state index in [1.54, 1.807) is 0 Å². The maximum Gasteiger partial charge on any atom is 0.137 e. The lowest BCUT2D eigenvalue weighted by molar-refractivity contribution is -0.339. The molecule has 0 amide bonds. The van der Waals surface area contributed by atoms with Crippen molar-refractivity contribution in [3.05, 3.63) is 0 Å². The van der Waals surface area contributed by atoms with Crippen LogP contribution >= 0.6 is 0 Å². The van der Waals surface area contributed by atoms with Crippen LogP contribution in [0.5, 0.6) is 0 Å². The molecule has 0 unspecified atom stereocenters. The van der Waals surface area contributed by atoms with Gasteiger partial charge in [-0.25, -0.2) is 0 Å². The average molecular weight is 618 g/mol. The number of rotatable bonds is 6. The van der Waals surface area contributed by atoms with Gasteiger partial charge in [0, 0.05) is 56.3 Å². The fraction of sp³-hybridized carbons (Fsp3) is 0.844. The van der Waals surface area contributed by atoms with E-state index in [-0.39, 0.29) is 40.4 Å². The Labute approximate surface area is 258 Å². The number of carboxylic acids is 3. The van der Waals surface area contributed by atoms with Gasteiger partial charge in [-0.3, -0.25) is 9.69 Å². The Bertz CT molecular complexity index is 1180. The molecule has 0 bridgehead atoms. The summed E-state index contributed by atoms with van der Waals surface area (Å²) in [5.74, 6) is -4.09. The first-order valence-corrected chi connectivity index (χ1v) is 15.7. The topological polar surface area (TPSA) is 214 Å². The zero-order valence-corrected chi connectivity index (χ0v) is 26.1. The highest BCUT2D eigenvalue weighted by Crippen LogP contribution is 2.66. The number of nitrogens with zero attached hydrogens (tertiary/aromatic N) is 2. The Morgan fingerprint density at radius 2 is 1.68 bits per heavy atom. The van der Waals surface area contributed by atoms with Gasteiger partial charge in [-0.05, 0) is 81.0 Å². The highest BCUT2D eigenvalue weighted by Gasteiger charge is 2.64. The molecule has 4 aliphatic carbocycles. The van der Waals surface area contributed by atoms with Crippen LogP contribution < -0.4 is 15.3 Å². The Morgan fingerprint density at radius 3 is 2.23 bits per heavy atom. The highest BCUT2D eigenvalue weighted by molar-refractivity contribution is 5.86. The Kier molecular flexibility index (Phi) is 9.59. The minimum atomic E-state index is -2.97. The third kappa shape index (κ3) is 6.39. The van der Waals surface area contributed by atoms with Gasteiger partial charge in [-0.1, -0.05) is 13.8 Å². The second-order valence-electron chi connectivity index (χ2n) is 15.0. The van der Waals surface area contributed by atoms with E-state index in [4.69, 9.17) is 9.84 Å². The van der Waals surface area contributed by atoms with Crippen molar-refractivity contribution in [2.45, 2.75) is 109 Å². The lowest BCUT2D eigenvalue weighted by atomic mass is 9.44. The van der Waals surface area contributed by atoms with Crippen LogP contribution in [0, 0.1) is 51.8 Å². The molecule has 0 aromatic heterocycles. The maximum atomic E-state index is 13.8. The molecule has 5 rings (SSSR count). The molecule has 1 heterocycles. The second kappa shape index (κ2) is 12.3. The normalized spacial score (nSPS) is 39.8. The van der Waals surface area contributed by atoms with Crippen molar-refractivity contribution in [3.8, 4) is 6.07 Å². The number of carbonyl (C=O) groups excluding carboxylic acids is 4. The predicted molar refractivity (Wildman–Crippen MR) is 147 cm³/mol. The van der Waals surface area contributed by atoms with E-state index in [9.17, 15) is 44.9 Å². The summed E-state index contributed by atoms with van der Waals surface area (Å²) in [4.78, 5) is 46.2. The van der Waals surface area contributed by atoms with Gasteiger partial charge in [0.05, 0.1) is 36.3 Å². The number of carbonyl (C=O) groups is 4. The van der Waals surface area contributed by atoms with Gasteiger partial charge in [-0.15, -0.1) is 0 Å². The summed E-state index contributed by atoms with van der Waals surface area (Å²) in [5.41, 5.74) is -3.34. The number of ether oxygens (including phenoxy) is 1. The van der Waals surface area contributed by atoms with Crippen molar-refractivity contribution < 1.29 is 49.4 Å². The van der Waals surface area contributed by atoms with Crippen LogP contribution in [0.3, 0.4) is 0 Å². The number of carboxylic acid groups (broad SMARTS) is 3. The predicted octanol–water partition coefficient (Wildman–Crippen LogP) is -1.45. The molecule has 1 aliphatic heterocycles. The fourth-order valence-corrected chi connectivity index (χ4v) is 9.70. The Morgan fingerprint density at radius 1 is 1.05 bits per heavy atom. The summed E-state index contributed by atoms with van der Waals surface area (Å²) in [6, 6.07) is 2.66. The van der Waals surface area contributed by atoms with Crippen molar-refractivity contribution in [1.29, 1.82) is 5.26 Å². The summed E-state index contributed by atoms with van der Waals surface area (Å²) in [6.45, 7) is 11.3. The number of hydrogen-bond acceptors (Lipinski definition) is 12. The smallest absolute Gasteiger partial charge is 0.137 e. The third-order valence-electron chi connectivity index (χ3n) is 11.7. The molecule has 2 N–H and O–H groups in total. The molecule has 5 aliphatic rings. The molecule has 44 heavy (non-hydrogen) atoms. The van der Waals surface area contributed by atoms with E-state index in [1.165, 1.54) is 0 Å². The molecule has 9 atom stereocenters. The number of hydrogen-bond donors (Lipinski definition) is 2. The molecule has 5 fully saturated rings. The molecule has 12 heteroatoms. The first kappa shape index (κ1) is 34.3. The summed E-state index contributed by atoms with van der Waals surface area (Å²) >= 11 is 0. The number of aliphatic hydroxyl groups is 2. The van der Waals surface area contributed by atoms with Gasteiger partial charge in [0.1, 0.15) is 11.4 Å². The quantitative estimate of drug-likeness (QED) is 0.350. The summed E-state index contributed by atoms with van der Waals surface area (Å²) < 4.78 is 5.93. The Balaban J connectivity index is 0.000000289. The van der Waals surface area contributed by atoms with Crippen LogP contribution in [0.1, 0.15) is 85.5 Å². The van der Waals surface area contributed by atoms with E-state index in [1.807, 2.05) is 0 Å². The fourth-order valence-electron chi connectivity index (χ4n) is 9.70. The molecule has 0 spiro atoms.